The summed E-state index contributed by atoms with van der Waals surface area (Å²) in [5.41, 5.74) is 2.66. The van der Waals surface area contributed by atoms with Gasteiger partial charge < -0.3 is 26.0 Å². The van der Waals surface area contributed by atoms with E-state index in [0.29, 0.717) is 30.4 Å². The Labute approximate surface area is 199 Å². The van der Waals surface area contributed by atoms with Crippen molar-refractivity contribution in [3.63, 3.8) is 0 Å². The van der Waals surface area contributed by atoms with Crippen LogP contribution in [-0.2, 0) is 17.6 Å². The number of benzene rings is 1. The lowest BCUT2D eigenvalue weighted by molar-refractivity contribution is -0.120. The Kier molecular flexibility index (Phi) is 7.82. The number of fused-ring (bicyclic) bond motifs is 1. The van der Waals surface area contributed by atoms with E-state index in [-0.39, 0.29) is 5.91 Å². The number of aliphatic hydroxyl groups is 1. The monoisotopic (exact) mass is 459 g/mol. The average molecular weight is 460 g/mol. The van der Waals surface area contributed by atoms with Gasteiger partial charge in [-0.25, -0.2) is 4.79 Å². The van der Waals surface area contributed by atoms with Crippen LogP contribution in [0.2, 0.25) is 0 Å². The highest BCUT2D eigenvalue weighted by Gasteiger charge is 2.29. The Bertz CT molecular complexity index is 1160. The number of carbonyl (C=O) groups excluding carboxylic acids is 2. The summed E-state index contributed by atoms with van der Waals surface area (Å²) >= 11 is 0. The number of likely N-dealkylation sites (N-methyl/N-ethyl adjacent to an activating group) is 1. The van der Waals surface area contributed by atoms with Gasteiger partial charge in [-0.15, -0.1) is 0 Å². The normalized spacial score (nSPS) is 16.0. The molecule has 1 aliphatic rings. The molecule has 3 rings (SSSR count). The van der Waals surface area contributed by atoms with E-state index in [1.54, 1.807) is 27.1 Å². The zero-order chi connectivity index (χ0) is 24.7. The van der Waals surface area contributed by atoms with Gasteiger partial charge in [0, 0.05) is 49.0 Å². The summed E-state index contributed by atoms with van der Waals surface area (Å²) < 4.78 is 0. The highest BCUT2D eigenvalue weighted by atomic mass is 16.3. The summed E-state index contributed by atoms with van der Waals surface area (Å²) in [6, 6.07) is 9.91. The number of nitrogens with one attached hydrogen (secondary N) is 3. The van der Waals surface area contributed by atoms with Crippen LogP contribution in [-0.4, -0.2) is 46.9 Å². The third kappa shape index (κ3) is 6.77. The molecule has 0 bridgehead atoms. The summed E-state index contributed by atoms with van der Waals surface area (Å²) in [4.78, 5) is 31.3. The summed E-state index contributed by atoms with van der Waals surface area (Å²) in [6.45, 7) is 3.22. The van der Waals surface area contributed by atoms with Gasteiger partial charge in [-0.2, -0.15) is 0 Å². The van der Waals surface area contributed by atoms with E-state index >= 15 is 0 Å². The second-order valence-electron chi connectivity index (χ2n) is 8.62. The molecule has 2 heterocycles. The number of allylic oxidation sites excluding steroid dienone is 1. The third-order valence-corrected chi connectivity index (χ3v) is 5.28. The van der Waals surface area contributed by atoms with Crippen LogP contribution in [0.3, 0.4) is 0 Å². The van der Waals surface area contributed by atoms with Gasteiger partial charge in [-0.3, -0.25) is 9.78 Å². The van der Waals surface area contributed by atoms with Gasteiger partial charge in [0.15, 0.2) is 0 Å². The van der Waals surface area contributed by atoms with E-state index < -0.39 is 17.7 Å². The zero-order valence-electron chi connectivity index (χ0n) is 19.6. The van der Waals surface area contributed by atoms with E-state index in [9.17, 15) is 14.7 Å². The molecule has 0 spiro atoms. The van der Waals surface area contributed by atoms with Gasteiger partial charge in [-0.05, 0) is 62.1 Å². The van der Waals surface area contributed by atoms with Gasteiger partial charge in [-0.1, -0.05) is 24.0 Å². The molecular formula is C26H29N5O3. The van der Waals surface area contributed by atoms with Gasteiger partial charge >= 0.3 is 6.03 Å². The molecule has 0 unspecified atom stereocenters. The Morgan fingerprint density at radius 2 is 2.15 bits per heavy atom. The van der Waals surface area contributed by atoms with Gasteiger partial charge in [0.05, 0.1) is 0 Å². The molecule has 0 fully saturated rings. The van der Waals surface area contributed by atoms with Gasteiger partial charge in [0.2, 0.25) is 5.91 Å². The summed E-state index contributed by atoms with van der Waals surface area (Å²) in [5.74, 6) is 5.48. The van der Waals surface area contributed by atoms with E-state index in [0.717, 1.165) is 23.2 Å². The Hall–Kier alpha value is -3.96. The molecule has 8 heteroatoms. The van der Waals surface area contributed by atoms with Crippen LogP contribution in [0.15, 0.2) is 54.4 Å². The summed E-state index contributed by atoms with van der Waals surface area (Å²) in [6.07, 6.45) is 5.75. The number of pyridine rings is 1. The van der Waals surface area contributed by atoms with Crippen molar-refractivity contribution < 1.29 is 14.7 Å². The van der Waals surface area contributed by atoms with Crippen molar-refractivity contribution in [2.75, 3.05) is 11.9 Å². The molecule has 0 saturated carbocycles. The van der Waals surface area contributed by atoms with E-state index in [4.69, 9.17) is 5.41 Å². The quantitative estimate of drug-likeness (QED) is 0.406. The number of aryl methyl sites for hydroxylation is 1. The smallest absolute Gasteiger partial charge is 0.319 e. The molecule has 1 aromatic carbocycles. The topological polar surface area (TPSA) is 118 Å². The van der Waals surface area contributed by atoms with Crippen molar-refractivity contribution in [1.29, 1.82) is 5.41 Å². The van der Waals surface area contributed by atoms with E-state index in [2.05, 4.69) is 27.5 Å². The number of aromatic nitrogens is 1. The predicted octanol–water partition coefficient (Wildman–Crippen LogP) is 2.56. The highest BCUT2D eigenvalue weighted by molar-refractivity contribution is 6.00. The van der Waals surface area contributed by atoms with Crippen LogP contribution in [0.1, 0.15) is 37.1 Å². The number of nitrogens with zero attached hydrogens (tertiary/aromatic N) is 2. The molecule has 1 aliphatic heterocycles. The van der Waals surface area contributed by atoms with Crippen molar-refractivity contribution >= 4 is 23.8 Å². The largest absolute Gasteiger partial charge is 0.378 e. The summed E-state index contributed by atoms with van der Waals surface area (Å²) in [5, 5.41) is 22.8. The molecule has 1 atom stereocenters. The lowest BCUT2D eigenvalue weighted by Gasteiger charge is -2.22. The number of anilines is 1. The first-order chi connectivity index (χ1) is 16.2. The van der Waals surface area contributed by atoms with Crippen molar-refractivity contribution in [2.24, 2.45) is 0 Å². The third-order valence-electron chi connectivity index (χ3n) is 5.28. The minimum absolute atomic E-state index is 0.230. The minimum Gasteiger partial charge on any atom is -0.378 e. The van der Waals surface area contributed by atoms with Crippen LogP contribution in [0, 0.1) is 17.3 Å². The standard InChI is InChI=1S/C26H29N5O3/c1-26(2,34)12-11-18-7-8-20-9-10-22(24(32)31(3)23(20)15-18)30-25(33)29-17-19(16-27)14-21-6-4-5-13-28-21/h4-8,13,15-17,22,27,34H,9-10,14H2,1-3H3,(H2,29,30,33)/b19-17-,27-16?/t22-/m1/s1. The molecule has 1 aromatic heterocycles. The lowest BCUT2D eigenvalue weighted by Crippen LogP contribution is -2.49. The number of carbonyl (C=O) groups is 2. The molecule has 0 saturated heterocycles. The maximum atomic E-state index is 13.1. The number of hydrogen-bond acceptors (Lipinski definition) is 5. The molecule has 176 valence electrons. The maximum Gasteiger partial charge on any atom is 0.319 e. The molecule has 0 radical (unpaired) electrons. The Morgan fingerprint density at radius 1 is 1.35 bits per heavy atom. The first kappa shape index (κ1) is 24.7. The van der Waals surface area contributed by atoms with Crippen molar-refractivity contribution in [1.82, 2.24) is 15.6 Å². The lowest BCUT2D eigenvalue weighted by atomic mass is 10.0. The molecule has 8 nitrogen and oxygen atoms in total. The fraction of sp³-hybridized carbons (Fsp3) is 0.308. The molecular weight excluding hydrogens is 430 g/mol. The van der Waals surface area contributed by atoms with E-state index in [1.807, 2.05) is 36.4 Å². The van der Waals surface area contributed by atoms with Crippen LogP contribution in [0.5, 0.6) is 0 Å². The molecule has 3 amide bonds. The first-order valence-corrected chi connectivity index (χ1v) is 11.0. The average Bonchev–Trinajstić information content (AvgIpc) is 2.92. The molecule has 34 heavy (non-hydrogen) atoms. The van der Waals surface area contributed by atoms with Crippen LogP contribution in [0.4, 0.5) is 10.5 Å². The Balaban J connectivity index is 1.66. The highest BCUT2D eigenvalue weighted by Crippen LogP contribution is 2.27. The SMILES string of the molecule is CN1C(=O)[C@H](NC(=O)N/C=C(\C=N)Cc2ccccn2)CCc2ccc(C#CC(C)(C)O)cc21. The molecule has 2 aromatic rings. The maximum absolute atomic E-state index is 13.1. The van der Waals surface area contributed by atoms with Crippen LogP contribution in [0.25, 0.3) is 0 Å². The number of hydrogen-bond donors (Lipinski definition) is 4. The van der Waals surface area contributed by atoms with Crippen molar-refractivity contribution in [3.8, 4) is 11.8 Å². The predicted molar refractivity (Wildman–Crippen MR) is 132 cm³/mol. The van der Waals surface area contributed by atoms with Crippen LogP contribution < -0.4 is 15.5 Å². The van der Waals surface area contributed by atoms with Crippen molar-refractivity contribution in [3.05, 3.63) is 71.2 Å². The second kappa shape index (κ2) is 10.8. The van der Waals surface area contributed by atoms with E-state index in [1.165, 1.54) is 11.1 Å². The summed E-state index contributed by atoms with van der Waals surface area (Å²) in [7, 11) is 1.67. The first-order valence-electron chi connectivity index (χ1n) is 11.0. The fourth-order valence-electron chi connectivity index (χ4n) is 3.51. The minimum atomic E-state index is -1.11. The second-order valence-corrected chi connectivity index (χ2v) is 8.62. The molecule has 4 N–H and O–H groups in total. The van der Waals surface area contributed by atoms with Gasteiger partial charge in [0.25, 0.3) is 0 Å². The van der Waals surface area contributed by atoms with Gasteiger partial charge in [0.1, 0.15) is 11.6 Å². The van der Waals surface area contributed by atoms with Crippen molar-refractivity contribution in [2.45, 2.75) is 44.8 Å². The number of urea groups is 1. The number of amides is 3. The zero-order valence-corrected chi connectivity index (χ0v) is 19.6. The van der Waals surface area contributed by atoms with Crippen LogP contribution >= 0.6 is 0 Å². The molecule has 0 aliphatic carbocycles. The number of rotatable bonds is 5. The Morgan fingerprint density at radius 3 is 2.82 bits per heavy atom. The fourth-order valence-corrected chi connectivity index (χ4v) is 3.51.